The van der Waals surface area contributed by atoms with Gasteiger partial charge in [0, 0.05) is 0 Å². The molecule has 1 saturated heterocycles. The SMILES string of the molecule is CN(C)CCC[N]1CCC[N](C(C)(C)C)[AlH]1. The molecule has 0 spiro atoms. The van der Waals surface area contributed by atoms with Crippen LogP contribution in [0.1, 0.15) is 33.6 Å². The van der Waals surface area contributed by atoms with Crippen LogP contribution in [0.15, 0.2) is 0 Å². The molecule has 4 heteroatoms. The lowest BCUT2D eigenvalue weighted by atomic mass is 10.1. The van der Waals surface area contributed by atoms with E-state index >= 15 is 0 Å². The van der Waals surface area contributed by atoms with Crippen molar-refractivity contribution in [1.82, 2.24) is 12.7 Å². The molecule has 0 N–H and O–H groups in total. The van der Waals surface area contributed by atoms with Gasteiger partial charge in [-0.25, -0.2) is 0 Å². The van der Waals surface area contributed by atoms with Gasteiger partial charge >= 0.3 is 15.7 Å². The van der Waals surface area contributed by atoms with Gasteiger partial charge in [0.05, 0.1) is 0 Å². The first-order valence-corrected chi connectivity index (χ1v) is 7.78. The molecule has 1 fully saturated rings. The van der Waals surface area contributed by atoms with Crippen LogP contribution in [0.5, 0.6) is 0 Å². The topological polar surface area (TPSA) is 9.72 Å². The zero-order chi connectivity index (χ0) is 12.2. The molecule has 1 aliphatic heterocycles. The molecular weight excluding hydrogens is 213 g/mol. The maximum absolute atomic E-state index is 2.73. The molecule has 0 atom stereocenters. The van der Waals surface area contributed by atoms with Gasteiger partial charge in [0.1, 0.15) is 0 Å². The molecule has 1 heterocycles. The van der Waals surface area contributed by atoms with Gasteiger partial charge in [0.15, 0.2) is 0 Å². The van der Waals surface area contributed by atoms with Crippen molar-refractivity contribution in [2.75, 3.05) is 40.3 Å². The molecule has 0 bridgehead atoms. The van der Waals surface area contributed by atoms with Gasteiger partial charge in [-0.15, -0.1) is 0 Å². The standard InChI is InChI=1S/C12H27N3.Al.H/c1-12(2,3)14-10-6-8-13-9-7-11-15(4)5;;/h6-11H2,1-5H3;;/q-2;+2;. The number of rotatable bonds is 4. The molecule has 3 nitrogen and oxygen atoms in total. The Kier molecular flexibility index (Phi) is 5.77. The minimum Gasteiger partial charge on any atom is -0.374 e. The predicted molar refractivity (Wildman–Crippen MR) is 73.0 cm³/mol. The minimum absolute atomic E-state index is 0.164. The highest BCUT2D eigenvalue weighted by Crippen LogP contribution is 2.16. The lowest BCUT2D eigenvalue weighted by Crippen LogP contribution is -2.55. The van der Waals surface area contributed by atoms with Crippen molar-refractivity contribution in [2.45, 2.75) is 39.2 Å². The maximum atomic E-state index is 2.73. The van der Waals surface area contributed by atoms with Gasteiger partial charge in [0.25, 0.3) is 0 Å². The molecule has 0 aliphatic carbocycles. The Hall–Kier alpha value is 0.412. The molecule has 0 saturated carbocycles. The molecular formula is C12H28AlN3. The third-order valence-corrected chi connectivity index (χ3v) is 5.94. The second-order valence-electron chi connectivity index (χ2n) is 6.20. The highest BCUT2D eigenvalue weighted by molar-refractivity contribution is 6.29. The van der Waals surface area contributed by atoms with Gasteiger partial charge in [-0.1, -0.05) is 0 Å². The fraction of sp³-hybridized carbons (Fsp3) is 1.00. The highest BCUT2D eigenvalue weighted by Gasteiger charge is 2.28. The Balaban J connectivity index is 2.28. The molecule has 1 rings (SSSR count). The Bertz CT molecular complexity index is 201. The summed E-state index contributed by atoms with van der Waals surface area (Å²) in [5, 5.41) is 0. The Morgan fingerprint density at radius 3 is 2.44 bits per heavy atom. The van der Waals surface area contributed by atoms with E-state index in [0.717, 1.165) is 0 Å². The summed E-state index contributed by atoms with van der Waals surface area (Å²) in [6.45, 7) is 12.2. The second-order valence-corrected chi connectivity index (χ2v) is 8.14. The van der Waals surface area contributed by atoms with Crippen LogP contribution in [-0.4, -0.2) is 74.1 Å². The average molecular weight is 241 g/mol. The molecule has 94 valence electrons. The Labute approximate surface area is 108 Å². The fourth-order valence-corrected chi connectivity index (χ4v) is 4.21. The van der Waals surface area contributed by atoms with Crippen molar-refractivity contribution >= 4 is 15.7 Å². The first-order valence-electron chi connectivity index (χ1n) is 6.52. The number of hydrogen-bond acceptors (Lipinski definition) is 3. The van der Waals surface area contributed by atoms with Gasteiger partial charge in [0.2, 0.25) is 0 Å². The number of nitrogens with zero attached hydrogens (tertiary/aromatic N) is 3. The van der Waals surface area contributed by atoms with E-state index in [1.54, 1.807) is 0 Å². The lowest BCUT2D eigenvalue weighted by molar-refractivity contribution is 0.194. The molecule has 0 amide bonds. The van der Waals surface area contributed by atoms with Crippen molar-refractivity contribution in [1.29, 1.82) is 0 Å². The fourth-order valence-electron chi connectivity index (χ4n) is 2.21. The molecule has 16 heavy (non-hydrogen) atoms. The Morgan fingerprint density at radius 2 is 1.88 bits per heavy atom. The second kappa shape index (κ2) is 6.37. The van der Waals surface area contributed by atoms with Crippen molar-refractivity contribution in [3.63, 3.8) is 0 Å². The van der Waals surface area contributed by atoms with E-state index in [0.29, 0.717) is 5.54 Å². The molecule has 0 aromatic carbocycles. The van der Waals surface area contributed by atoms with E-state index in [2.05, 4.69) is 47.5 Å². The van der Waals surface area contributed by atoms with Crippen LogP contribution in [0.2, 0.25) is 0 Å². The molecule has 0 unspecified atom stereocenters. The van der Waals surface area contributed by atoms with Gasteiger partial charge in [-0.05, 0) is 79.4 Å². The molecule has 1 aliphatic rings. The van der Waals surface area contributed by atoms with Crippen molar-refractivity contribution in [2.24, 2.45) is 0 Å². The Morgan fingerprint density at radius 1 is 1.19 bits per heavy atom. The monoisotopic (exact) mass is 241 g/mol. The van der Waals surface area contributed by atoms with Crippen LogP contribution in [0, 0.1) is 0 Å². The first-order chi connectivity index (χ1) is 7.39. The average Bonchev–Trinajstić information content (AvgIpc) is 2.16. The van der Waals surface area contributed by atoms with Crippen LogP contribution in [-0.2, 0) is 0 Å². The van der Waals surface area contributed by atoms with E-state index in [9.17, 15) is 0 Å². The summed E-state index contributed by atoms with van der Waals surface area (Å²) in [5.41, 5.74) is 0.381. The minimum atomic E-state index is -0.164. The van der Waals surface area contributed by atoms with Crippen molar-refractivity contribution in [3.8, 4) is 0 Å². The van der Waals surface area contributed by atoms with E-state index in [4.69, 9.17) is 0 Å². The van der Waals surface area contributed by atoms with E-state index < -0.39 is 0 Å². The van der Waals surface area contributed by atoms with Crippen LogP contribution in [0.25, 0.3) is 0 Å². The van der Waals surface area contributed by atoms with Crippen molar-refractivity contribution < 1.29 is 0 Å². The van der Waals surface area contributed by atoms with Crippen LogP contribution in [0.4, 0.5) is 0 Å². The lowest BCUT2D eigenvalue weighted by Gasteiger charge is -2.43. The normalized spacial score (nSPS) is 20.1. The summed E-state index contributed by atoms with van der Waals surface area (Å²) in [5.74, 6) is 0. The van der Waals surface area contributed by atoms with Gasteiger partial charge in [-0.3, -0.25) is 0 Å². The van der Waals surface area contributed by atoms with Crippen molar-refractivity contribution in [3.05, 3.63) is 0 Å². The van der Waals surface area contributed by atoms with Gasteiger partial charge in [-0.2, -0.15) is 0 Å². The predicted octanol–water partition coefficient (Wildman–Crippen LogP) is 1.01. The summed E-state index contributed by atoms with van der Waals surface area (Å²) >= 11 is -0.164. The summed E-state index contributed by atoms with van der Waals surface area (Å²) in [4.78, 5) is 2.28. The van der Waals surface area contributed by atoms with E-state index in [-0.39, 0.29) is 15.7 Å². The van der Waals surface area contributed by atoms with Crippen LogP contribution >= 0.6 is 0 Å². The first kappa shape index (κ1) is 14.5. The van der Waals surface area contributed by atoms with Crippen LogP contribution in [0.3, 0.4) is 0 Å². The summed E-state index contributed by atoms with van der Waals surface area (Å²) in [7, 11) is 4.32. The molecule has 0 aromatic rings. The number of hydrogen-bond donors (Lipinski definition) is 0. The molecule has 0 aromatic heterocycles. The zero-order valence-corrected chi connectivity index (χ0v) is 13.2. The largest absolute Gasteiger partial charge is 0.463 e. The van der Waals surface area contributed by atoms with E-state index in [1.807, 2.05) is 0 Å². The summed E-state index contributed by atoms with van der Waals surface area (Å²) in [6, 6.07) is 0. The zero-order valence-electron chi connectivity index (χ0n) is 11.8. The summed E-state index contributed by atoms with van der Waals surface area (Å²) < 4.78 is 5.46. The quantitative estimate of drug-likeness (QED) is 0.680. The smallest absolute Gasteiger partial charge is 0.374 e. The molecule has 0 radical (unpaired) electrons. The third-order valence-electron chi connectivity index (χ3n) is 3.30. The summed E-state index contributed by atoms with van der Waals surface area (Å²) in [6.07, 6.45) is 2.67. The maximum Gasteiger partial charge on any atom is 0.463 e. The van der Waals surface area contributed by atoms with Gasteiger partial charge < -0.3 is 12.7 Å². The third kappa shape index (κ3) is 5.16. The van der Waals surface area contributed by atoms with Crippen LogP contribution < -0.4 is 0 Å². The highest BCUT2D eigenvalue weighted by atomic mass is 27.1. The van der Waals surface area contributed by atoms with E-state index in [1.165, 1.54) is 39.0 Å².